The van der Waals surface area contributed by atoms with Crippen molar-refractivity contribution < 1.29 is 9.21 Å². The lowest BCUT2D eigenvalue weighted by Crippen LogP contribution is -2.26. The number of aromatic amines is 1. The van der Waals surface area contributed by atoms with E-state index in [9.17, 15) is 9.59 Å². The molecule has 2 heterocycles. The predicted molar refractivity (Wildman–Crippen MR) is 97.7 cm³/mol. The number of nitrogens with one attached hydrogen (secondary N) is 2. The number of aromatic nitrogens is 2. The summed E-state index contributed by atoms with van der Waals surface area (Å²) in [5.41, 5.74) is 0.815. The number of carbonyl (C=O) groups is 1. The molecule has 1 amide bonds. The van der Waals surface area contributed by atoms with Crippen LogP contribution < -0.4 is 10.9 Å². The van der Waals surface area contributed by atoms with Gasteiger partial charge in [-0.05, 0) is 17.5 Å². The van der Waals surface area contributed by atoms with Crippen LogP contribution in [0.5, 0.6) is 0 Å². The van der Waals surface area contributed by atoms with Gasteiger partial charge in [0.25, 0.3) is 11.5 Å². The molecule has 2 aromatic heterocycles. The third-order valence-electron chi connectivity index (χ3n) is 4.01. The largest absolute Gasteiger partial charge is 0.439 e. The molecule has 0 bridgehead atoms. The summed E-state index contributed by atoms with van der Waals surface area (Å²) in [6.07, 6.45) is 1.62. The van der Waals surface area contributed by atoms with E-state index >= 15 is 0 Å². The first-order valence-electron chi connectivity index (χ1n) is 8.11. The summed E-state index contributed by atoms with van der Waals surface area (Å²) in [5.74, 6) is 0.626. The molecule has 26 heavy (non-hydrogen) atoms. The zero-order valence-corrected chi connectivity index (χ0v) is 13.7. The van der Waals surface area contributed by atoms with Crippen LogP contribution in [0.3, 0.4) is 0 Å². The Morgan fingerprint density at radius 3 is 2.69 bits per heavy atom. The van der Waals surface area contributed by atoms with Gasteiger partial charge in [-0.3, -0.25) is 9.59 Å². The van der Waals surface area contributed by atoms with E-state index in [1.165, 1.54) is 0 Å². The van der Waals surface area contributed by atoms with E-state index < -0.39 is 5.91 Å². The van der Waals surface area contributed by atoms with Gasteiger partial charge in [-0.1, -0.05) is 48.5 Å². The average Bonchev–Trinajstić information content (AvgIpc) is 3.16. The second-order valence-electron chi connectivity index (χ2n) is 5.77. The van der Waals surface area contributed by atoms with Crippen molar-refractivity contribution >= 4 is 16.7 Å². The van der Waals surface area contributed by atoms with Crippen LogP contribution in [-0.2, 0) is 6.54 Å². The van der Waals surface area contributed by atoms with Gasteiger partial charge in [0.15, 0.2) is 5.76 Å². The fourth-order valence-electron chi connectivity index (χ4n) is 2.71. The van der Waals surface area contributed by atoms with Gasteiger partial charge in [-0.2, -0.15) is 0 Å². The monoisotopic (exact) mass is 345 g/mol. The topological polar surface area (TPSA) is 88.0 Å². The molecule has 0 unspecified atom stereocenters. The van der Waals surface area contributed by atoms with Crippen LogP contribution in [0.1, 0.15) is 16.4 Å². The summed E-state index contributed by atoms with van der Waals surface area (Å²) in [6.45, 7) is 0.126. The highest BCUT2D eigenvalue weighted by Crippen LogP contribution is 2.19. The molecule has 0 fully saturated rings. The molecule has 4 rings (SSSR count). The van der Waals surface area contributed by atoms with Crippen molar-refractivity contribution in [3.63, 3.8) is 0 Å². The Balaban J connectivity index is 1.49. The van der Waals surface area contributed by atoms with Crippen LogP contribution in [0.25, 0.3) is 22.1 Å². The molecule has 0 atom stereocenters. The Bertz CT molecular complexity index is 1130. The minimum atomic E-state index is -0.396. The predicted octanol–water partition coefficient (Wildman–Crippen LogP) is 3.11. The molecule has 0 aliphatic heterocycles. The van der Waals surface area contributed by atoms with Gasteiger partial charge in [0.1, 0.15) is 5.69 Å². The van der Waals surface area contributed by atoms with Crippen molar-refractivity contribution in [2.45, 2.75) is 6.54 Å². The van der Waals surface area contributed by atoms with Gasteiger partial charge < -0.3 is 14.7 Å². The number of carbonyl (C=O) groups excluding carboxylic acids is 1. The summed E-state index contributed by atoms with van der Waals surface area (Å²) in [6, 6.07) is 18.3. The maximum absolute atomic E-state index is 12.3. The van der Waals surface area contributed by atoms with E-state index in [4.69, 9.17) is 4.42 Å². The summed E-state index contributed by atoms with van der Waals surface area (Å²) < 4.78 is 5.65. The Kier molecular flexibility index (Phi) is 4.07. The lowest BCUT2D eigenvalue weighted by atomic mass is 10.1. The SMILES string of the molecule is O=C(NCc1ncc(-c2ccccc2)o1)c1cc2ccccc2c(=O)[nH]1. The molecular formula is C20H15N3O3. The Labute approximate surface area is 148 Å². The van der Waals surface area contributed by atoms with E-state index in [0.717, 1.165) is 5.56 Å². The fraction of sp³-hybridized carbons (Fsp3) is 0.0500. The van der Waals surface area contributed by atoms with Crippen LogP contribution in [0.2, 0.25) is 0 Å². The van der Waals surface area contributed by atoms with Crippen molar-refractivity contribution in [1.29, 1.82) is 0 Å². The Morgan fingerprint density at radius 1 is 1.08 bits per heavy atom. The highest BCUT2D eigenvalue weighted by atomic mass is 16.4. The van der Waals surface area contributed by atoms with Crippen molar-refractivity contribution in [2.75, 3.05) is 0 Å². The maximum Gasteiger partial charge on any atom is 0.268 e. The van der Waals surface area contributed by atoms with Gasteiger partial charge in [0.05, 0.1) is 12.7 Å². The Morgan fingerprint density at radius 2 is 1.85 bits per heavy atom. The molecule has 0 saturated heterocycles. The highest BCUT2D eigenvalue weighted by molar-refractivity contribution is 5.96. The third kappa shape index (κ3) is 3.12. The molecular weight excluding hydrogens is 330 g/mol. The van der Waals surface area contributed by atoms with E-state index in [-0.39, 0.29) is 17.8 Å². The lowest BCUT2D eigenvalue weighted by Gasteiger charge is -2.04. The normalized spacial score (nSPS) is 10.8. The number of nitrogens with zero attached hydrogens (tertiary/aromatic N) is 1. The van der Waals surface area contributed by atoms with Crippen LogP contribution in [0.15, 0.2) is 76.1 Å². The maximum atomic E-state index is 12.3. The number of hydrogen-bond acceptors (Lipinski definition) is 4. The molecule has 0 aliphatic rings. The number of oxazole rings is 1. The molecule has 6 nitrogen and oxygen atoms in total. The number of benzene rings is 2. The van der Waals surface area contributed by atoms with Gasteiger partial charge in [0, 0.05) is 10.9 Å². The zero-order chi connectivity index (χ0) is 17.9. The summed E-state index contributed by atoms with van der Waals surface area (Å²) in [5, 5.41) is 3.96. The molecule has 2 N–H and O–H groups in total. The molecule has 4 aromatic rings. The van der Waals surface area contributed by atoms with Gasteiger partial charge in [-0.25, -0.2) is 4.98 Å². The zero-order valence-electron chi connectivity index (χ0n) is 13.7. The van der Waals surface area contributed by atoms with Crippen molar-refractivity contribution in [2.24, 2.45) is 0 Å². The van der Waals surface area contributed by atoms with Crippen molar-refractivity contribution in [3.05, 3.63) is 88.8 Å². The first kappa shape index (κ1) is 15.8. The standard InChI is InChI=1S/C20H15N3O3/c24-19-15-9-5-4-8-14(15)10-16(23-19)20(25)22-12-18-21-11-17(26-18)13-6-2-1-3-7-13/h1-11H,12H2,(H,22,25)(H,23,24). The second kappa shape index (κ2) is 6.68. The van der Waals surface area contributed by atoms with Crippen LogP contribution in [-0.4, -0.2) is 15.9 Å². The number of rotatable bonds is 4. The minimum absolute atomic E-state index is 0.126. The number of pyridine rings is 1. The third-order valence-corrected chi connectivity index (χ3v) is 4.01. The van der Waals surface area contributed by atoms with E-state index in [1.807, 2.05) is 36.4 Å². The van der Waals surface area contributed by atoms with Gasteiger partial charge in [0.2, 0.25) is 5.89 Å². The highest BCUT2D eigenvalue weighted by Gasteiger charge is 2.11. The second-order valence-corrected chi connectivity index (χ2v) is 5.77. The van der Waals surface area contributed by atoms with E-state index in [2.05, 4.69) is 15.3 Å². The smallest absolute Gasteiger partial charge is 0.268 e. The first-order chi connectivity index (χ1) is 12.7. The van der Waals surface area contributed by atoms with Crippen LogP contribution in [0, 0.1) is 0 Å². The van der Waals surface area contributed by atoms with Gasteiger partial charge >= 0.3 is 0 Å². The molecule has 6 heteroatoms. The number of amides is 1. The van der Waals surface area contributed by atoms with Crippen LogP contribution in [0.4, 0.5) is 0 Å². The van der Waals surface area contributed by atoms with Crippen LogP contribution >= 0.6 is 0 Å². The summed E-state index contributed by atoms with van der Waals surface area (Å²) in [4.78, 5) is 31.2. The first-order valence-corrected chi connectivity index (χ1v) is 8.11. The minimum Gasteiger partial charge on any atom is -0.439 e. The van der Waals surface area contributed by atoms with Crippen molar-refractivity contribution in [3.8, 4) is 11.3 Å². The van der Waals surface area contributed by atoms with E-state index in [0.29, 0.717) is 22.4 Å². The number of fused-ring (bicyclic) bond motifs is 1. The lowest BCUT2D eigenvalue weighted by molar-refractivity contribution is 0.0942. The fourth-order valence-corrected chi connectivity index (χ4v) is 2.71. The number of hydrogen-bond donors (Lipinski definition) is 2. The summed E-state index contributed by atoms with van der Waals surface area (Å²) >= 11 is 0. The van der Waals surface area contributed by atoms with Crippen molar-refractivity contribution in [1.82, 2.24) is 15.3 Å². The Hall–Kier alpha value is -3.67. The molecule has 0 aliphatic carbocycles. The molecule has 2 aromatic carbocycles. The van der Waals surface area contributed by atoms with E-state index in [1.54, 1.807) is 30.5 Å². The average molecular weight is 345 g/mol. The molecule has 0 saturated carbocycles. The quantitative estimate of drug-likeness (QED) is 0.595. The molecule has 0 radical (unpaired) electrons. The summed E-state index contributed by atoms with van der Waals surface area (Å²) in [7, 11) is 0. The van der Waals surface area contributed by atoms with Gasteiger partial charge in [-0.15, -0.1) is 0 Å². The molecule has 0 spiro atoms. The number of H-pyrrole nitrogens is 1. The molecule has 128 valence electrons.